The number of para-hydroxylation sites is 1. The standard InChI is InChI=1S/C56H41N3S2/c1-56(2)46-33-40(24-28-42(46)44-29-31-53-55(54(44)56)61-52-21-13-12-20-51(52)60-53)39-25-30-50-45(32-39)43-18-10-11-19-49(43)59(50)41-26-22-38(23-27-41)48(58-35-36-14-6-4-7-15-36)34-47(57-3)37-16-8-5-9-17-37/h4-34H,3,35H2,1-2H3/b47-34-,58-48?. The molecular formula is C56H41N3S2. The summed E-state index contributed by atoms with van der Waals surface area (Å²) in [4.78, 5) is 15.0. The van der Waals surface area contributed by atoms with Gasteiger partial charge in [-0.25, -0.2) is 0 Å². The van der Waals surface area contributed by atoms with Crippen LogP contribution in [0, 0.1) is 0 Å². The van der Waals surface area contributed by atoms with Crippen molar-refractivity contribution >= 4 is 63.5 Å². The monoisotopic (exact) mass is 819 g/mol. The topological polar surface area (TPSA) is 29.6 Å². The van der Waals surface area contributed by atoms with Crippen LogP contribution in [0.15, 0.2) is 218 Å². The molecule has 0 unspecified atom stereocenters. The van der Waals surface area contributed by atoms with Crippen molar-refractivity contribution in [1.29, 1.82) is 0 Å². The van der Waals surface area contributed by atoms with Crippen LogP contribution in [0.25, 0.3) is 55.4 Å². The van der Waals surface area contributed by atoms with Gasteiger partial charge >= 0.3 is 0 Å². The second-order valence-corrected chi connectivity index (χ2v) is 18.4. The number of nitrogens with zero attached hydrogens (tertiary/aromatic N) is 3. The molecule has 1 aromatic heterocycles. The summed E-state index contributed by atoms with van der Waals surface area (Å²) in [7, 11) is 0. The third-order valence-electron chi connectivity index (χ3n) is 12.2. The average molecular weight is 820 g/mol. The highest BCUT2D eigenvalue weighted by Gasteiger charge is 2.40. The van der Waals surface area contributed by atoms with Crippen molar-refractivity contribution in [3.8, 4) is 27.9 Å². The van der Waals surface area contributed by atoms with Gasteiger partial charge < -0.3 is 4.57 Å². The van der Waals surface area contributed by atoms with Gasteiger partial charge in [0.1, 0.15) is 0 Å². The lowest BCUT2D eigenvalue weighted by Gasteiger charge is -2.28. The lowest BCUT2D eigenvalue weighted by Crippen LogP contribution is -2.17. The van der Waals surface area contributed by atoms with E-state index in [1.165, 1.54) is 74.8 Å². The molecule has 11 rings (SSSR count). The highest BCUT2D eigenvalue weighted by Crippen LogP contribution is 2.59. The third-order valence-corrected chi connectivity index (χ3v) is 14.8. The summed E-state index contributed by atoms with van der Waals surface area (Å²) in [6.45, 7) is 9.28. The lowest BCUT2D eigenvalue weighted by molar-refractivity contribution is 0.642. The van der Waals surface area contributed by atoms with E-state index in [0.29, 0.717) is 6.54 Å². The SMILES string of the molecule is C=N/C(=C\C(=NCc1ccccc1)c1ccc(-n2c3ccccc3c3cc(-c4ccc5c(c4)C(C)(C)c4c-5ccc5c4Sc4ccccc4S5)ccc32)cc1)c1ccccc1. The molecule has 0 fully saturated rings. The Balaban J connectivity index is 0.958. The first-order valence-electron chi connectivity index (χ1n) is 20.7. The van der Waals surface area contributed by atoms with Gasteiger partial charge in [0, 0.05) is 47.0 Å². The van der Waals surface area contributed by atoms with Gasteiger partial charge in [-0.15, -0.1) is 0 Å². The minimum atomic E-state index is -0.134. The molecule has 0 radical (unpaired) electrons. The molecule has 0 bridgehead atoms. The van der Waals surface area contributed by atoms with E-state index in [0.717, 1.165) is 33.8 Å². The quantitative estimate of drug-likeness (QED) is 0.143. The van der Waals surface area contributed by atoms with Crippen LogP contribution in [0.1, 0.15) is 41.7 Å². The Morgan fingerprint density at radius 3 is 2.03 bits per heavy atom. The van der Waals surface area contributed by atoms with E-state index in [2.05, 4.69) is 188 Å². The van der Waals surface area contributed by atoms with Crippen LogP contribution in [0.2, 0.25) is 0 Å². The average Bonchev–Trinajstić information content (AvgIpc) is 3.76. The van der Waals surface area contributed by atoms with Gasteiger partial charge in [-0.3, -0.25) is 9.98 Å². The summed E-state index contributed by atoms with van der Waals surface area (Å²) in [5.41, 5.74) is 16.1. The zero-order valence-corrected chi connectivity index (χ0v) is 35.6. The number of hydrogen-bond acceptors (Lipinski definition) is 4. The fourth-order valence-electron chi connectivity index (χ4n) is 9.20. The molecule has 292 valence electrons. The first-order valence-corrected chi connectivity index (χ1v) is 22.3. The number of aromatic nitrogens is 1. The maximum Gasteiger partial charge on any atom is 0.0716 e. The Morgan fingerprint density at radius 1 is 0.590 bits per heavy atom. The number of fused-ring (bicyclic) bond motifs is 9. The van der Waals surface area contributed by atoms with Crippen molar-refractivity contribution in [2.75, 3.05) is 0 Å². The smallest absolute Gasteiger partial charge is 0.0716 e. The number of benzene rings is 8. The van der Waals surface area contributed by atoms with Crippen LogP contribution in [-0.2, 0) is 12.0 Å². The van der Waals surface area contributed by atoms with Gasteiger partial charge in [0.05, 0.1) is 29.0 Å². The molecule has 0 amide bonds. The molecule has 0 saturated carbocycles. The van der Waals surface area contributed by atoms with Gasteiger partial charge in [-0.2, -0.15) is 0 Å². The van der Waals surface area contributed by atoms with Crippen molar-refractivity contribution in [3.05, 3.63) is 216 Å². The van der Waals surface area contributed by atoms with E-state index in [4.69, 9.17) is 4.99 Å². The molecule has 1 aliphatic heterocycles. The molecular weight excluding hydrogens is 779 g/mol. The second kappa shape index (κ2) is 15.1. The Kier molecular flexibility index (Phi) is 9.25. The Morgan fingerprint density at radius 2 is 1.25 bits per heavy atom. The van der Waals surface area contributed by atoms with E-state index in [1.807, 2.05) is 53.9 Å². The molecule has 5 heteroatoms. The minimum absolute atomic E-state index is 0.134. The van der Waals surface area contributed by atoms with Crippen LogP contribution < -0.4 is 0 Å². The van der Waals surface area contributed by atoms with Crippen LogP contribution in [0.4, 0.5) is 0 Å². The van der Waals surface area contributed by atoms with Crippen molar-refractivity contribution in [2.24, 2.45) is 9.98 Å². The molecule has 0 atom stereocenters. The summed E-state index contributed by atoms with van der Waals surface area (Å²) in [6, 6.07) is 65.6. The normalized spacial score (nSPS) is 14.1. The van der Waals surface area contributed by atoms with Crippen molar-refractivity contribution in [2.45, 2.75) is 45.4 Å². The minimum Gasteiger partial charge on any atom is -0.309 e. The first-order chi connectivity index (χ1) is 29.9. The first kappa shape index (κ1) is 37.3. The number of hydrogen-bond donors (Lipinski definition) is 0. The van der Waals surface area contributed by atoms with Gasteiger partial charge in [-0.05, 0) is 112 Å². The number of aliphatic imine (C=N–C) groups is 2. The fourth-order valence-corrected chi connectivity index (χ4v) is 11.8. The molecule has 8 aromatic carbocycles. The van der Waals surface area contributed by atoms with E-state index < -0.39 is 0 Å². The van der Waals surface area contributed by atoms with E-state index >= 15 is 0 Å². The Bertz CT molecular complexity index is 3250. The molecule has 0 N–H and O–H groups in total. The molecule has 9 aromatic rings. The Labute approximate surface area is 365 Å². The molecule has 1 aliphatic carbocycles. The van der Waals surface area contributed by atoms with Gasteiger partial charge in [0.25, 0.3) is 0 Å². The predicted molar refractivity (Wildman–Crippen MR) is 259 cm³/mol. The summed E-state index contributed by atoms with van der Waals surface area (Å²) >= 11 is 3.83. The molecule has 2 aliphatic rings. The maximum absolute atomic E-state index is 5.12. The molecule has 0 spiro atoms. The molecule has 0 saturated heterocycles. The van der Waals surface area contributed by atoms with Crippen LogP contribution >= 0.6 is 23.5 Å². The van der Waals surface area contributed by atoms with E-state index in [9.17, 15) is 0 Å². The van der Waals surface area contributed by atoms with Crippen molar-refractivity contribution < 1.29 is 0 Å². The number of allylic oxidation sites excluding steroid dienone is 1. The summed E-state index contributed by atoms with van der Waals surface area (Å²) < 4.78 is 2.38. The molecule has 3 nitrogen and oxygen atoms in total. The maximum atomic E-state index is 5.12. The summed E-state index contributed by atoms with van der Waals surface area (Å²) in [5, 5.41) is 2.47. The highest BCUT2D eigenvalue weighted by atomic mass is 32.2. The summed E-state index contributed by atoms with van der Waals surface area (Å²) in [5.74, 6) is 0. The van der Waals surface area contributed by atoms with Crippen molar-refractivity contribution in [3.63, 3.8) is 0 Å². The summed E-state index contributed by atoms with van der Waals surface area (Å²) in [6.07, 6.45) is 2.05. The highest BCUT2D eigenvalue weighted by molar-refractivity contribution is 8.05. The van der Waals surface area contributed by atoms with Gasteiger partial charge in [0.15, 0.2) is 0 Å². The number of rotatable bonds is 8. The zero-order valence-electron chi connectivity index (χ0n) is 34.0. The lowest BCUT2D eigenvalue weighted by atomic mass is 9.81. The van der Waals surface area contributed by atoms with E-state index in [-0.39, 0.29) is 5.41 Å². The largest absolute Gasteiger partial charge is 0.309 e. The predicted octanol–water partition coefficient (Wildman–Crippen LogP) is 15.1. The Hall–Kier alpha value is -6.66. The molecule has 2 heterocycles. The van der Waals surface area contributed by atoms with Crippen molar-refractivity contribution in [1.82, 2.24) is 4.57 Å². The second-order valence-electron chi connectivity index (χ2n) is 16.2. The van der Waals surface area contributed by atoms with E-state index in [1.54, 1.807) is 0 Å². The third kappa shape index (κ3) is 6.48. The fraction of sp³-hybridized carbons (Fsp3) is 0.0714. The van der Waals surface area contributed by atoms with Gasteiger partial charge in [-0.1, -0.05) is 165 Å². The zero-order chi connectivity index (χ0) is 41.1. The molecule has 61 heavy (non-hydrogen) atoms. The van der Waals surface area contributed by atoms with Gasteiger partial charge in [0.2, 0.25) is 0 Å². The van der Waals surface area contributed by atoms with Crippen LogP contribution in [0.5, 0.6) is 0 Å². The van der Waals surface area contributed by atoms with Crippen LogP contribution in [0.3, 0.4) is 0 Å². The van der Waals surface area contributed by atoms with Crippen LogP contribution in [-0.4, -0.2) is 17.0 Å².